The summed E-state index contributed by atoms with van der Waals surface area (Å²) in [7, 11) is 0. The van der Waals surface area contributed by atoms with E-state index >= 15 is 0 Å². The van der Waals surface area contributed by atoms with Gasteiger partial charge in [-0.2, -0.15) is 11.8 Å². The van der Waals surface area contributed by atoms with Gasteiger partial charge in [0.25, 0.3) is 0 Å². The van der Waals surface area contributed by atoms with Gasteiger partial charge in [0, 0.05) is 5.69 Å². The molecule has 0 saturated heterocycles. The van der Waals surface area contributed by atoms with Crippen LogP contribution in [0.3, 0.4) is 0 Å². The van der Waals surface area contributed by atoms with Gasteiger partial charge in [0.1, 0.15) is 12.4 Å². The molecule has 0 bridgehead atoms. The van der Waals surface area contributed by atoms with Gasteiger partial charge in [0.15, 0.2) is 0 Å². The molecule has 0 aliphatic carbocycles. The number of anilines is 1. The van der Waals surface area contributed by atoms with Crippen molar-refractivity contribution in [3.8, 4) is 0 Å². The lowest BCUT2D eigenvalue weighted by Crippen LogP contribution is -2.21. The standard InChI is InChI=1S/C20H23N3OS/c1-13-9-14(2)20(15(3)10-13)22-19(24)11-23-17-8-6-5-7-16(17)21-18(23)12-25-4/h5-10H,11-12H2,1-4H3,(H,22,24). The number of para-hydroxylation sites is 2. The number of nitrogens with zero attached hydrogens (tertiary/aromatic N) is 2. The minimum Gasteiger partial charge on any atom is -0.324 e. The van der Waals surface area contributed by atoms with Gasteiger partial charge in [-0.1, -0.05) is 29.8 Å². The van der Waals surface area contributed by atoms with E-state index in [9.17, 15) is 4.79 Å². The Hall–Kier alpha value is -2.27. The molecular formula is C20H23N3OS. The first-order valence-electron chi connectivity index (χ1n) is 8.30. The molecule has 0 saturated carbocycles. The molecule has 0 fully saturated rings. The lowest BCUT2D eigenvalue weighted by atomic mass is 10.1. The zero-order chi connectivity index (χ0) is 18.0. The smallest absolute Gasteiger partial charge is 0.244 e. The predicted molar refractivity (Wildman–Crippen MR) is 106 cm³/mol. The molecule has 5 heteroatoms. The molecule has 0 spiro atoms. The summed E-state index contributed by atoms with van der Waals surface area (Å²) in [5.41, 5.74) is 6.22. The number of aromatic nitrogens is 2. The minimum absolute atomic E-state index is 0.0273. The molecule has 0 atom stereocenters. The summed E-state index contributed by atoms with van der Waals surface area (Å²) >= 11 is 1.71. The molecular weight excluding hydrogens is 330 g/mol. The van der Waals surface area contributed by atoms with E-state index in [1.807, 2.05) is 48.9 Å². The quantitative estimate of drug-likeness (QED) is 0.736. The molecule has 130 valence electrons. The Morgan fingerprint density at radius 2 is 1.84 bits per heavy atom. The van der Waals surface area contributed by atoms with Crippen LogP contribution in [-0.4, -0.2) is 21.7 Å². The SMILES string of the molecule is CSCc1nc2ccccc2n1CC(=O)Nc1c(C)cc(C)cc1C. The fraction of sp³-hybridized carbons (Fsp3) is 0.300. The second kappa shape index (κ2) is 7.31. The second-order valence-electron chi connectivity index (χ2n) is 6.36. The number of nitrogens with one attached hydrogen (secondary N) is 1. The lowest BCUT2D eigenvalue weighted by Gasteiger charge is -2.14. The molecule has 1 heterocycles. The number of hydrogen-bond donors (Lipinski definition) is 1. The second-order valence-corrected chi connectivity index (χ2v) is 7.22. The summed E-state index contributed by atoms with van der Waals surface area (Å²) in [4.78, 5) is 17.4. The third-order valence-corrected chi connectivity index (χ3v) is 4.80. The summed E-state index contributed by atoms with van der Waals surface area (Å²) in [6.45, 7) is 6.39. The van der Waals surface area contributed by atoms with E-state index in [2.05, 4.69) is 29.4 Å². The van der Waals surface area contributed by atoms with Crippen LogP contribution in [-0.2, 0) is 17.1 Å². The number of hydrogen-bond acceptors (Lipinski definition) is 3. The van der Waals surface area contributed by atoms with Gasteiger partial charge in [-0.05, 0) is 50.3 Å². The third-order valence-electron chi connectivity index (χ3n) is 4.25. The van der Waals surface area contributed by atoms with Crippen molar-refractivity contribution < 1.29 is 4.79 Å². The highest BCUT2D eigenvalue weighted by atomic mass is 32.2. The first kappa shape index (κ1) is 17.5. The van der Waals surface area contributed by atoms with Gasteiger partial charge in [-0.25, -0.2) is 4.98 Å². The van der Waals surface area contributed by atoms with Gasteiger partial charge in [-0.15, -0.1) is 0 Å². The number of carbonyl (C=O) groups is 1. The summed E-state index contributed by atoms with van der Waals surface area (Å²) in [5.74, 6) is 1.69. The predicted octanol–water partition coefficient (Wildman–Crippen LogP) is 4.46. The Bertz CT molecular complexity index is 907. The average Bonchev–Trinajstić information content (AvgIpc) is 2.89. The Balaban J connectivity index is 1.89. The van der Waals surface area contributed by atoms with Crippen LogP contribution in [0, 0.1) is 20.8 Å². The fourth-order valence-electron chi connectivity index (χ4n) is 3.24. The van der Waals surface area contributed by atoms with Crippen LogP contribution in [0.15, 0.2) is 36.4 Å². The Kier molecular flexibility index (Phi) is 5.13. The van der Waals surface area contributed by atoms with Gasteiger partial charge >= 0.3 is 0 Å². The molecule has 4 nitrogen and oxygen atoms in total. The zero-order valence-corrected chi connectivity index (χ0v) is 15.9. The molecule has 0 aliphatic heterocycles. The van der Waals surface area contributed by atoms with Crippen molar-refractivity contribution >= 4 is 34.4 Å². The molecule has 0 unspecified atom stereocenters. The largest absolute Gasteiger partial charge is 0.324 e. The van der Waals surface area contributed by atoms with Crippen LogP contribution in [0.5, 0.6) is 0 Å². The van der Waals surface area contributed by atoms with Crippen molar-refractivity contribution in [2.24, 2.45) is 0 Å². The Morgan fingerprint density at radius 3 is 2.52 bits per heavy atom. The molecule has 1 aromatic heterocycles. The molecule has 25 heavy (non-hydrogen) atoms. The highest BCUT2D eigenvalue weighted by molar-refractivity contribution is 7.97. The number of carbonyl (C=O) groups excluding carboxylic acids is 1. The van der Waals surface area contributed by atoms with Gasteiger partial charge in [0.2, 0.25) is 5.91 Å². The number of imidazole rings is 1. The molecule has 1 amide bonds. The minimum atomic E-state index is -0.0273. The van der Waals surface area contributed by atoms with Crippen LogP contribution in [0.1, 0.15) is 22.5 Å². The van der Waals surface area contributed by atoms with E-state index in [-0.39, 0.29) is 12.5 Å². The Morgan fingerprint density at radius 1 is 1.16 bits per heavy atom. The topological polar surface area (TPSA) is 46.9 Å². The molecule has 0 radical (unpaired) electrons. The zero-order valence-electron chi connectivity index (χ0n) is 15.1. The van der Waals surface area contributed by atoms with Gasteiger partial charge in [-0.3, -0.25) is 4.79 Å². The van der Waals surface area contributed by atoms with Crippen molar-refractivity contribution in [3.63, 3.8) is 0 Å². The molecule has 1 N–H and O–H groups in total. The average molecular weight is 353 g/mol. The van der Waals surface area contributed by atoms with Gasteiger partial charge < -0.3 is 9.88 Å². The van der Waals surface area contributed by atoms with Crippen molar-refractivity contribution in [1.29, 1.82) is 0 Å². The molecule has 2 aromatic carbocycles. The number of rotatable bonds is 5. The lowest BCUT2D eigenvalue weighted by molar-refractivity contribution is -0.116. The van der Waals surface area contributed by atoms with E-state index < -0.39 is 0 Å². The number of benzene rings is 2. The number of aryl methyl sites for hydroxylation is 3. The van der Waals surface area contributed by atoms with Crippen molar-refractivity contribution in [2.45, 2.75) is 33.1 Å². The van der Waals surface area contributed by atoms with E-state index in [0.717, 1.165) is 39.4 Å². The molecule has 0 aliphatic rings. The maximum Gasteiger partial charge on any atom is 0.244 e. The number of thioether (sulfide) groups is 1. The van der Waals surface area contributed by atoms with Crippen molar-refractivity contribution in [3.05, 3.63) is 58.9 Å². The number of amides is 1. The van der Waals surface area contributed by atoms with Gasteiger partial charge in [0.05, 0.1) is 16.8 Å². The highest BCUT2D eigenvalue weighted by Gasteiger charge is 2.14. The molecule has 3 aromatic rings. The maximum absolute atomic E-state index is 12.7. The van der Waals surface area contributed by atoms with Crippen LogP contribution in [0.25, 0.3) is 11.0 Å². The normalized spacial score (nSPS) is 11.0. The summed E-state index contributed by atoms with van der Waals surface area (Å²) in [5, 5.41) is 3.08. The van der Waals surface area contributed by atoms with Crippen LogP contribution in [0.4, 0.5) is 5.69 Å². The first-order chi connectivity index (χ1) is 12.0. The third kappa shape index (κ3) is 3.71. The van der Waals surface area contributed by atoms with E-state index in [1.54, 1.807) is 11.8 Å². The summed E-state index contributed by atoms with van der Waals surface area (Å²) in [6.07, 6.45) is 2.04. The van der Waals surface area contributed by atoms with Crippen LogP contribution in [0.2, 0.25) is 0 Å². The summed E-state index contributed by atoms with van der Waals surface area (Å²) in [6, 6.07) is 12.1. The molecule has 3 rings (SSSR count). The van der Waals surface area contributed by atoms with Crippen LogP contribution >= 0.6 is 11.8 Å². The van der Waals surface area contributed by atoms with Crippen molar-refractivity contribution in [2.75, 3.05) is 11.6 Å². The van der Waals surface area contributed by atoms with Crippen molar-refractivity contribution in [1.82, 2.24) is 9.55 Å². The highest BCUT2D eigenvalue weighted by Crippen LogP contribution is 2.23. The monoisotopic (exact) mass is 353 g/mol. The Labute approximate surface area is 152 Å². The summed E-state index contributed by atoms with van der Waals surface area (Å²) < 4.78 is 2.01. The maximum atomic E-state index is 12.7. The van der Waals surface area contributed by atoms with E-state index in [4.69, 9.17) is 0 Å². The first-order valence-corrected chi connectivity index (χ1v) is 9.69. The van der Waals surface area contributed by atoms with Crippen LogP contribution < -0.4 is 5.32 Å². The number of fused-ring (bicyclic) bond motifs is 1. The van der Waals surface area contributed by atoms with E-state index in [1.165, 1.54) is 5.56 Å². The fourth-order valence-corrected chi connectivity index (χ4v) is 3.72. The van der Waals surface area contributed by atoms with E-state index in [0.29, 0.717) is 0 Å².